The molecule has 4 rings (SSSR count). The largest absolute Gasteiger partial charge is 0.346 e. The summed E-state index contributed by atoms with van der Waals surface area (Å²) in [5.74, 6) is -0.232. The lowest BCUT2D eigenvalue weighted by molar-refractivity contribution is 0.0916. The third-order valence-electron chi connectivity index (χ3n) is 4.58. The van der Waals surface area contributed by atoms with Crippen molar-refractivity contribution in [1.82, 2.24) is 14.7 Å². The number of amides is 2. The normalized spacial score (nSPS) is 13.7. The van der Waals surface area contributed by atoms with Gasteiger partial charge in [0.15, 0.2) is 5.69 Å². The summed E-state index contributed by atoms with van der Waals surface area (Å²) in [6.45, 7) is 6.35. The van der Waals surface area contributed by atoms with E-state index in [9.17, 15) is 9.59 Å². The first kappa shape index (κ1) is 17.3. The van der Waals surface area contributed by atoms with E-state index < -0.39 is 0 Å². The molecule has 2 aromatic heterocycles. The first-order valence-electron chi connectivity index (χ1n) is 9.04. The molecule has 6 nitrogen and oxygen atoms in total. The van der Waals surface area contributed by atoms with Crippen LogP contribution in [0.25, 0.3) is 5.52 Å². The predicted molar refractivity (Wildman–Crippen MR) is 104 cm³/mol. The van der Waals surface area contributed by atoms with Crippen molar-refractivity contribution < 1.29 is 9.59 Å². The second-order valence-electron chi connectivity index (χ2n) is 7.78. The minimum Gasteiger partial charge on any atom is -0.346 e. The quantitative estimate of drug-likeness (QED) is 0.762. The molecular weight excluding hydrogens is 340 g/mol. The summed E-state index contributed by atoms with van der Waals surface area (Å²) in [4.78, 5) is 32.2. The summed E-state index contributed by atoms with van der Waals surface area (Å²) >= 11 is 0. The molecule has 0 bridgehead atoms. The number of para-hydroxylation sites is 1. The van der Waals surface area contributed by atoms with Crippen LogP contribution in [0.5, 0.6) is 0 Å². The molecule has 0 radical (unpaired) electrons. The van der Waals surface area contributed by atoms with Gasteiger partial charge < -0.3 is 10.2 Å². The lowest BCUT2D eigenvalue weighted by Crippen LogP contribution is -2.40. The van der Waals surface area contributed by atoms with Crippen LogP contribution in [-0.4, -0.2) is 33.3 Å². The summed E-state index contributed by atoms with van der Waals surface area (Å²) in [7, 11) is 0. The second kappa shape index (κ2) is 6.23. The van der Waals surface area contributed by atoms with E-state index in [4.69, 9.17) is 0 Å². The monoisotopic (exact) mass is 362 g/mol. The molecule has 0 saturated carbocycles. The lowest BCUT2D eigenvalue weighted by Gasteiger charge is -2.19. The van der Waals surface area contributed by atoms with Gasteiger partial charge in [0.25, 0.3) is 11.8 Å². The Hall–Kier alpha value is -3.15. The Kier molecular flexibility index (Phi) is 3.98. The van der Waals surface area contributed by atoms with Crippen molar-refractivity contribution in [3.8, 4) is 0 Å². The van der Waals surface area contributed by atoms with Gasteiger partial charge >= 0.3 is 0 Å². The summed E-state index contributed by atoms with van der Waals surface area (Å²) in [6.07, 6.45) is 2.59. The van der Waals surface area contributed by atoms with Gasteiger partial charge in [-0.2, -0.15) is 0 Å². The number of fused-ring (bicyclic) bond motifs is 2. The van der Waals surface area contributed by atoms with E-state index >= 15 is 0 Å². The molecule has 0 atom stereocenters. The van der Waals surface area contributed by atoms with Crippen molar-refractivity contribution in [2.75, 3.05) is 11.4 Å². The smallest absolute Gasteiger partial charge is 0.294 e. The van der Waals surface area contributed by atoms with Gasteiger partial charge in [0.2, 0.25) is 5.82 Å². The number of carbonyl (C=O) groups is 2. The number of aromatic nitrogens is 2. The first-order chi connectivity index (χ1) is 12.8. The predicted octanol–water partition coefficient (Wildman–Crippen LogP) is 3.07. The van der Waals surface area contributed by atoms with Gasteiger partial charge in [0.1, 0.15) is 0 Å². The molecule has 1 aliphatic rings. The average molecular weight is 362 g/mol. The highest BCUT2D eigenvalue weighted by molar-refractivity contribution is 6.08. The van der Waals surface area contributed by atoms with Gasteiger partial charge in [-0.3, -0.25) is 14.0 Å². The van der Waals surface area contributed by atoms with Crippen molar-refractivity contribution in [2.45, 2.75) is 32.7 Å². The van der Waals surface area contributed by atoms with E-state index in [-0.39, 0.29) is 28.9 Å². The van der Waals surface area contributed by atoms with Crippen LogP contribution in [0.1, 0.15) is 47.4 Å². The maximum Gasteiger partial charge on any atom is 0.294 e. The van der Waals surface area contributed by atoms with Gasteiger partial charge in [-0.1, -0.05) is 24.3 Å². The van der Waals surface area contributed by atoms with Crippen LogP contribution >= 0.6 is 0 Å². The number of carbonyl (C=O) groups excluding carboxylic acids is 2. The number of pyridine rings is 1. The highest BCUT2D eigenvalue weighted by Crippen LogP contribution is 2.29. The molecule has 27 heavy (non-hydrogen) atoms. The highest BCUT2D eigenvalue weighted by Gasteiger charge is 2.30. The molecule has 0 unspecified atom stereocenters. The van der Waals surface area contributed by atoms with E-state index in [0.29, 0.717) is 12.1 Å². The molecule has 3 heterocycles. The maximum atomic E-state index is 13.3. The zero-order chi connectivity index (χ0) is 19.2. The van der Waals surface area contributed by atoms with Crippen LogP contribution < -0.4 is 10.2 Å². The van der Waals surface area contributed by atoms with Gasteiger partial charge in [0.05, 0.1) is 5.52 Å². The second-order valence-corrected chi connectivity index (χ2v) is 7.78. The molecule has 1 aliphatic heterocycles. The Morgan fingerprint density at radius 3 is 2.59 bits per heavy atom. The molecule has 3 aromatic rings. The van der Waals surface area contributed by atoms with Gasteiger partial charge in [-0.25, -0.2) is 4.98 Å². The van der Waals surface area contributed by atoms with Crippen molar-refractivity contribution in [2.24, 2.45) is 0 Å². The highest BCUT2D eigenvalue weighted by atomic mass is 16.2. The number of nitrogens with one attached hydrogen (secondary N) is 1. The SMILES string of the molecule is CC(C)(C)NC(=O)c1nc(C(=O)N2CCc3ccccc32)n2ccccc12. The summed E-state index contributed by atoms with van der Waals surface area (Å²) in [6, 6.07) is 13.4. The van der Waals surface area contributed by atoms with Gasteiger partial charge in [-0.05, 0) is 51.0 Å². The Bertz CT molecular complexity index is 1050. The lowest BCUT2D eigenvalue weighted by atomic mass is 10.1. The number of anilines is 1. The van der Waals surface area contributed by atoms with Crippen LogP contribution in [0.4, 0.5) is 5.69 Å². The zero-order valence-corrected chi connectivity index (χ0v) is 15.7. The van der Waals surface area contributed by atoms with Crippen molar-refractivity contribution >= 4 is 23.0 Å². The van der Waals surface area contributed by atoms with E-state index in [1.807, 2.05) is 57.2 Å². The molecular formula is C21H22N4O2. The molecule has 0 fully saturated rings. The topological polar surface area (TPSA) is 66.7 Å². The van der Waals surface area contributed by atoms with Crippen molar-refractivity contribution in [3.05, 3.63) is 65.7 Å². The van der Waals surface area contributed by atoms with Crippen molar-refractivity contribution in [3.63, 3.8) is 0 Å². The van der Waals surface area contributed by atoms with Crippen LogP contribution in [0.3, 0.4) is 0 Å². The average Bonchev–Trinajstić information content (AvgIpc) is 3.22. The third-order valence-corrected chi connectivity index (χ3v) is 4.58. The van der Waals surface area contributed by atoms with Crippen LogP contribution in [-0.2, 0) is 6.42 Å². The van der Waals surface area contributed by atoms with Crippen molar-refractivity contribution in [1.29, 1.82) is 0 Å². The third kappa shape index (κ3) is 3.07. The number of nitrogens with zero attached hydrogens (tertiary/aromatic N) is 3. The fourth-order valence-electron chi connectivity index (χ4n) is 3.43. The molecule has 6 heteroatoms. The number of hydrogen-bond acceptors (Lipinski definition) is 3. The number of rotatable bonds is 2. The molecule has 138 valence electrons. The van der Waals surface area contributed by atoms with E-state index in [2.05, 4.69) is 10.3 Å². The number of hydrogen-bond donors (Lipinski definition) is 1. The van der Waals surface area contributed by atoms with Crippen LogP contribution in [0.2, 0.25) is 0 Å². The minimum atomic E-state index is -0.389. The minimum absolute atomic E-state index is 0.198. The first-order valence-corrected chi connectivity index (χ1v) is 9.04. The van der Waals surface area contributed by atoms with Crippen LogP contribution in [0.15, 0.2) is 48.7 Å². The zero-order valence-electron chi connectivity index (χ0n) is 15.7. The summed E-state index contributed by atoms with van der Waals surface area (Å²) < 4.78 is 1.70. The fraction of sp³-hybridized carbons (Fsp3) is 0.286. The Morgan fingerprint density at radius 1 is 1.07 bits per heavy atom. The Balaban J connectivity index is 1.77. The van der Waals surface area contributed by atoms with Crippen LogP contribution in [0, 0.1) is 0 Å². The summed E-state index contributed by atoms with van der Waals surface area (Å²) in [5.41, 5.74) is 2.56. The molecule has 0 aliphatic carbocycles. The standard InChI is InChI=1S/C21H22N4O2/c1-21(2,3)23-19(26)17-16-10-6-7-12-24(16)18(22-17)20(27)25-13-11-14-8-4-5-9-15(14)25/h4-10,12H,11,13H2,1-3H3,(H,23,26). The molecule has 2 amide bonds. The number of imidazole rings is 1. The fourth-order valence-corrected chi connectivity index (χ4v) is 3.43. The summed E-state index contributed by atoms with van der Waals surface area (Å²) in [5, 5.41) is 2.93. The Labute approximate surface area is 157 Å². The maximum absolute atomic E-state index is 13.3. The molecule has 1 N–H and O–H groups in total. The van der Waals surface area contributed by atoms with Gasteiger partial charge in [0, 0.05) is 24.0 Å². The van der Waals surface area contributed by atoms with E-state index in [1.54, 1.807) is 21.6 Å². The Morgan fingerprint density at radius 2 is 1.81 bits per heavy atom. The number of benzene rings is 1. The molecule has 0 saturated heterocycles. The molecule has 1 aromatic carbocycles. The molecule has 0 spiro atoms. The van der Waals surface area contributed by atoms with Gasteiger partial charge in [-0.15, -0.1) is 0 Å². The van der Waals surface area contributed by atoms with E-state index in [1.165, 1.54) is 0 Å². The van der Waals surface area contributed by atoms with E-state index in [0.717, 1.165) is 17.7 Å².